The van der Waals surface area contributed by atoms with Crippen molar-refractivity contribution in [2.75, 3.05) is 13.7 Å². The Balaban J connectivity index is 1.36. The van der Waals surface area contributed by atoms with Gasteiger partial charge in [-0.15, -0.1) is 0 Å². The molecule has 4 aromatic carbocycles. The maximum absolute atomic E-state index is 13.0. The van der Waals surface area contributed by atoms with Crippen molar-refractivity contribution < 1.29 is 19.4 Å². The molecule has 0 aliphatic rings. The van der Waals surface area contributed by atoms with Gasteiger partial charge in [0.2, 0.25) is 0 Å². The molecule has 0 aromatic heterocycles. The van der Waals surface area contributed by atoms with Crippen LogP contribution in [0.1, 0.15) is 45.9 Å². The first-order chi connectivity index (χ1) is 17.9. The number of ketones is 1. The van der Waals surface area contributed by atoms with E-state index in [0.717, 1.165) is 39.6 Å². The first-order valence-electron chi connectivity index (χ1n) is 12.3. The van der Waals surface area contributed by atoms with E-state index in [9.17, 15) is 9.59 Å². The Morgan fingerprint density at radius 2 is 1.54 bits per heavy atom. The standard InChI is InChI=1S/C31H30ClNO4/c1-37-29-15-11-25-18-22(4-8-26(25)19-29)5-14-28(34)20-30(23-9-12-27(32)13-10-23)33-17-16-21-2-6-24(7-3-21)31(35)36/h2-4,6-13,15,18-19,30,33H,5,14,16-17,20H2,1H3,(H,35,36). The highest BCUT2D eigenvalue weighted by molar-refractivity contribution is 6.30. The Kier molecular flexibility index (Phi) is 8.94. The molecule has 0 fully saturated rings. The van der Waals surface area contributed by atoms with E-state index in [0.29, 0.717) is 30.8 Å². The Morgan fingerprint density at radius 1 is 0.865 bits per heavy atom. The number of aryl methyl sites for hydroxylation is 1. The van der Waals surface area contributed by atoms with Gasteiger partial charge in [-0.2, -0.15) is 0 Å². The summed E-state index contributed by atoms with van der Waals surface area (Å²) in [6.45, 7) is 0.654. The van der Waals surface area contributed by atoms with Crippen LogP contribution in [0.2, 0.25) is 5.02 Å². The second-order valence-electron chi connectivity index (χ2n) is 9.10. The van der Waals surface area contributed by atoms with Crippen molar-refractivity contribution in [3.8, 4) is 5.75 Å². The molecule has 5 nitrogen and oxygen atoms in total. The Bertz CT molecular complexity index is 1370. The Labute approximate surface area is 222 Å². The van der Waals surface area contributed by atoms with Crippen molar-refractivity contribution >= 4 is 34.1 Å². The largest absolute Gasteiger partial charge is 0.497 e. The molecule has 0 saturated heterocycles. The molecular formula is C31H30ClNO4. The molecule has 37 heavy (non-hydrogen) atoms. The first-order valence-corrected chi connectivity index (χ1v) is 12.7. The van der Waals surface area contributed by atoms with E-state index in [1.54, 1.807) is 19.2 Å². The first kappa shape index (κ1) is 26.4. The van der Waals surface area contributed by atoms with Crippen LogP contribution in [0.5, 0.6) is 5.75 Å². The predicted octanol–water partition coefficient (Wildman–Crippen LogP) is 6.67. The third-order valence-corrected chi connectivity index (χ3v) is 6.77. The number of aromatic carboxylic acids is 1. The van der Waals surface area contributed by atoms with Gasteiger partial charge in [0, 0.05) is 23.9 Å². The van der Waals surface area contributed by atoms with Crippen LogP contribution in [-0.2, 0) is 17.6 Å². The highest BCUT2D eigenvalue weighted by Crippen LogP contribution is 2.24. The van der Waals surface area contributed by atoms with Gasteiger partial charge < -0.3 is 15.2 Å². The lowest BCUT2D eigenvalue weighted by Gasteiger charge is -2.19. The minimum atomic E-state index is -0.935. The second kappa shape index (κ2) is 12.5. The van der Waals surface area contributed by atoms with E-state index in [1.807, 2.05) is 54.6 Å². The Hall–Kier alpha value is -3.67. The van der Waals surface area contributed by atoms with Crippen LogP contribution < -0.4 is 10.1 Å². The second-order valence-corrected chi connectivity index (χ2v) is 9.54. The van der Waals surface area contributed by atoms with E-state index in [-0.39, 0.29) is 17.4 Å². The van der Waals surface area contributed by atoms with Gasteiger partial charge in [-0.3, -0.25) is 4.79 Å². The van der Waals surface area contributed by atoms with Gasteiger partial charge in [-0.1, -0.05) is 60.1 Å². The Morgan fingerprint density at radius 3 is 2.24 bits per heavy atom. The number of methoxy groups -OCH3 is 1. The molecular weight excluding hydrogens is 486 g/mol. The number of carbonyl (C=O) groups excluding carboxylic acids is 1. The van der Waals surface area contributed by atoms with Gasteiger partial charge in [-0.05, 0) is 83.2 Å². The molecule has 4 rings (SSSR count). The van der Waals surface area contributed by atoms with Crippen molar-refractivity contribution in [3.05, 3.63) is 112 Å². The third kappa shape index (κ3) is 7.42. The van der Waals surface area contributed by atoms with Crippen molar-refractivity contribution in [1.82, 2.24) is 5.32 Å². The lowest BCUT2D eigenvalue weighted by molar-refractivity contribution is -0.119. The molecule has 4 aromatic rings. The van der Waals surface area contributed by atoms with Gasteiger partial charge in [-0.25, -0.2) is 4.79 Å². The third-order valence-electron chi connectivity index (χ3n) is 6.51. The molecule has 0 saturated carbocycles. The van der Waals surface area contributed by atoms with Crippen molar-refractivity contribution in [2.24, 2.45) is 0 Å². The van der Waals surface area contributed by atoms with E-state index >= 15 is 0 Å². The zero-order chi connectivity index (χ0) is 26.2. The summed E-state index contributed by atoms with van der Waals surface area (Å²) in [4.78, 5) is 24.1. The summed E-state index contributed by atoms with van der Waals surface area (Å²) in [6, 6.07) is 26.6. The molecule has 1 atom stereocenters. The van der Waals surface area contributed by atoms with Gasteiger partial charge in [0.25, 0.3) is 0 Å². The van der Waals surface area contributed by atoms with E-state index in [2.05, 4.69) is 23.5 Å². The minimum Gasteiger partial charge on any atom is -0.497 e. The predicted molar refractivity (Wildman–Crippen MR) is 148 cm³/mol. The van der Waals surface area contributed by atoms with Crippen molar-refractivity contribution in [2.45, 2.75) is 31.7 Å². The summed E-state index contributed by atoms with van der Waals surface area (Å²) in [7, 11) is 1.66. The maximum atomic E-state index is 13.0. The summed E-state index contributed by atoms with van der Waals surface area (Å²) >= 11 is 6.08. The van der Waals surface area contributed by atoms with Crippen molar-refractivity contribution in [3.63, 3.8) is 0 Å². The molecule has 0 aliphatic heterocycles. The zero-order valence-electron chi connectivity index (χ0n) is 20.7. The molecule has 0 heterocycles. The number of Topliss-reactive ketones (excluding diaryl/α,β-unsaturated/α-hetero) is 1. The van der Waals surface area contributed by atoms with Gasteiger partial charge in [0.05, 0.1) is 12.7 Å². The van der Waals surface area contributed by atoms with E-state index in [1.165, 1.54) is 0 Å². The lowest BCUT2D eigenvalue weighted by Crippen LogP contribution is -2.26. The SMILES string of the molecule is COc1ccc2cc(CCC(=O)CC(NCCc3ccc(C(=O)O)cc3)c3ccc(Cl)cc3)ccc2c1. The van der Waals surface area contributed by atoms with Crippen LogP contribution in [0, 0.1) is 0 Å². The number of hydrogen-bond donors (Lipinski definition) is 2. The topological polar surface area (TPSA) is 75.6 Å². The fourth-order valence-electron chi connectivity index (χ4n) is 4.38. The lowest BCUT2D eigenvalue weighted by atomic mass is 9.97. The normalized spacial score (nSPS) is 11.8. The molecule has 0 amide bonds. The molecule has 0 bridgehead atoms. The quantitative estimate of drug-likeness (QED) is 0.220. The molecule has 1 unspecified atom stereocenters. The summed E-state index contributed by atoms with van der Waals surface area (Å²) in [6.07, 6.45) is 2.25. The van der Waals surface area contributed by atoms with Gasteiger partial charge in [0.15, 0.2) is 0 Å². The average molecular weight is 516 g/mol. The number of rotatable bonds is 12. The molecule has 190 valence electrons. The number of ether oxygens (including phenoxy) is 1. The fourth-order valence-corrected chi connectivity index (χ4v) is 4.50. The fraction of sp³-hybridized carbons (Fsp3) is 0.226. The smallest absolute Gasteiger partial charge is 0.335 e. The number of halogens is 1. The monoisotopic (exact) mass is 515 g/mol. The summed E-state index contributed by atoms with van der Waals surface area (Å²) in [5, 5.41) is 15.5. The van der Waals surface area contributed by atoms with Crippen LogP contribution >= 0.6 is 11.6 Å². The number of benzene rings is 4. The van der Waals surface area contributed by atoms with Gasteiger partial charge >= 0.3 is 5.97 Å². The van der Waals surface area contributed by atoms with Crippen LogP contribution in [-0.4, -0.2) is 30.5 Å². The summed E-state index contributed by atoms with van der Waals surface area (Å²) in [5.74, 6) is 0.0800. The van der Waals surface area contributed by atoms with E-state index in [4.69, 9.17) is 21.4 Å². The highest BCUT2D eigenvalue weighted by atomic mass is 35.5. The molecule has 0 radical (unpaired) electrons. The van der Waals surface area contributed by atoms with Crippen LogP contribution in [0.25, 0.3) is 10.8 Å². The number of carboxylic acid groups (broad SMARTS) is 1. The van der Waals surface area contributed by atoms with Crippen molar-refractivity contribution in [1.29, 1.82) is 0 Å². The molecule has 0 aliphatic carbocycles. The maximum Gasteiger partial charge on any atom is 0.335 e. The molecule has 0 spiro atoms. The van der Waals surface area contributed by atoms with E-state index < -0.39 is 5.97 Å². The molecule has 6 heteroatoms. The van der Waals surface area contributed by atoms with Crippen LogP contribution in [0.3, 0.4) is 0 Å². The number of carboxylic acids is 1. The molecule has 2 N–H and O–H groups in total. The number of fused-ring (bicyclic) bond motifs is 1. The number of carbonyl (C=O) groups is 2. The summed E-state index contributed by atoms with van der Waals surface area (Å²) < 4.78 is 5.30. The average Bonchev–Trinajstić information content (AvgIpc) is 2.91. The van der Waals surface area contributed by atoms with Crippen LogP contribution in [0.15, 0.2) is 84.9 Å². The minimum absolute atomic E-state index is 0.132. The van der Waals surface area contributed by atoms with Crippen LogP contribution in [0.4, 0.5) is 0 Å². The highest BCUT2D eigenvalue weighted by Gasteiger charge is 2.16. The van der Waals surface area contributed by atoms with Gasteiger partial charge in [0.1, 0.15) is 11.5 Å². The number of hydrogen-bond acceptors (Lipinski definition) is 4. The summed E-state index contributed by atoms with van der Waals surface area (Å²) in [5.41, 5.74) is 3.45. The zero-order valence-corrected chi connectivity index (χ0v) is 21.5. The number of nitrogens with one attached hydrogen (secondary N) is 1.